The number of carbonyl (C=O) groups excluding carboxylic acids is 1. The zero-order chi connectivity index (χ0) is 22.1. The molecule has 3 rings (SSSR count). The highest BCUT2D eigenvalue weighted by molar-refractivity contribution is 7.92. The largest absolute Gasteiger partial charge is 0.348 e. The lowest BCUT2D eigenvalue weighted by Gasteiger charge is -2.30. The number of nitrogens with one attached hydrogen (secondary N) is 1. The quantitative estimate of drug-likeness (QED) is 0.749. The molecule has 0 saturated carbocycles. The first-order chi connectivity index (χ1) is 14.1. The zero-order valence-corrected chi connectivity index (χ0v) is 19.3. The Morgan fingerprint density at radius 1 is 0.967 bits per heavy atom. The van der Waals surface area contributed by atoms with Crippen LogP contribution >= 0.6 is 0 Å². The fraction of sp³-hybridized carbons (Fsp3) is 0.458. The molecule has 5 nitrogen and oxygen atoms in total. The Bertz CT molecular complexity index is 1030. The first kappa shape index (κ1) is 22.3. The number of carbonyl (C=O) groups is 1. The highest BCUT2D eigenvalue weighted by Gasteiger charge is 2.30. The van der Waals surface area contributed by atoms with Crippen LogP contribution in [0.4, 0.5) is 5.69 Å². The van der Waals surface area contributed by atoms with Crippen LogP contribution in [-0.4, -0.2) is 26.6 Å². The molecule has 0 aromatic heterocycles. The summed E-state index contributed by atoms with van der Waals surface area (Å²) in [6.45, 7) is 7.41. The lowest BCUT2D eigenvalue weighted by molar-refractivity contribution is -0.122. The van der Waals surface area contributed by atoms with Gasteiger partial charge in [-0.05, 0) is 93.3 Å². The molecule has 1 aliphatic carbocycles. The molecule has 0 fully saturated rings. The third-order valence-corrected chi connectivity index (χ3v) is 7.02. The minimum atomic E-state index is -3.64. The van der Waals surface area contributed by atoms with E-state index < -0.39 is 16.1 Å². The van der Waals surface area contributed by atoms with Crippen LogP contribution in [0.1, 0.15) is 60.5 Å². The summed E-state index contributed by atoms with van der Waals surface area (Å²) in [6, 6.07) is 10.9. The number of aryl methyl sites for hydroxylation is 4. The number of sulfonamides is 1. The number of rotatable bonds is 6. The third kappa shape index (κ3) is 5.04. The van der Waals surface area contributed by atoms with E-state index in [9.17, 15) is 13.2 Å². The summed E-state index contributed by atoms with van der Waals surface area (Å²) in [6.07, 6.45) is 5.77. The smallest absolute Gasteiger partial charge is 0.244 e. The minimum absolute atomic E-state index is 0.201. The van der Waals surface area contributed by atoms with Gasteiger partial charge < -0.3 is 5.32 Å². The van der Waals surface area contributed by atoms with Gasteiger partial charge in [0.25, 0.3) is 0 Å². The van der Waals surface area contributed by atoms with Gasteiger partial charge in [0.05, 0.1) is 18.0 Å². The van der Waals surface area contributed by atoms with Gasteiger partial charge in [-0.2, -0.15) is 0 Å². The maximum atomic E-state index is 13.0. The molecule has 2 atom stereocenters. The van der Waals surface area contributed by atoms with Crippen molar-refractivity contribution >= 4 is 21.6 Å². The molecule has 6 heteroatoms. The zero-order valence-electron chi connectivity index (χ0n) is 18.5. The van der Waals surface area contributed by atoms with Crippen molar-refractivity contribution in [2.75, 3.05) is 10.6 Å². The summed E-state index contributed by atoms with van der Waals surface area (Å²) >= 11 is 0. The van der Waals surface area contributed by atoms with Gasteiger partial charge in [0, 0.05) is 0 Å². The van der Waals surface area contributed by atoms with E-state index in [1.807, 2.05) is 26.8 Å². The van der Waals surface area contributed by atoms with E-state index in [1.165, 1.54) is 28.3 Å². The summed E-state index contributed by atoms with van der Waals surface area (Å²) in [5, 5.41) is 3.01. The Kier molecular flexibility index (Phi) is 6.56. The first-order valence-corrected chi connectivity index (χ1v) is 12.4. The Morgan fingerprint density at radius 2 is 1.57 bits per heavy atom. The Morgan fingerprint density at radius 3 is 2.17 bits per heavy atom. The molecular weight excluding hydrogens is 396 g/mol. The van der Waals surface area contributed by atoms with Gasteiger partial charge in [-0.1, -0.05) is 24.3 Å². The summed E-state index contributed by atoms with van der Waals surface area (Å²) < 4.78 is 26.3. The lowest BCUT2D eigenvalue weighted by Crippen LogP contribution is -2.48. The van der Waals surface area contributed by atoms with Crippen molar-refractivity contribution in [3.8, 4) is 0 Å². The first-order valence-electron chi connectivity index (χ1n) is 10.6. The highest BCUT2D eigenvalue weighted by Crippen LogP contribution is 2.26. The third-order valence-electron chi connectivity index (χ3n) is 5.78. The summed E-state index contributed by atoms with van der Waals surface area (Å²) in [5.74, 6) is -0.315. The fourth-order valence-electron chi connectivity index (χ4n) is 4.33. The number of anilines is 1. The van der Waals surface area contributed by atoms with Gasteiger partial charge in [-0.15, -0.1) is 0 Å². The van der Waals surface area contributed by atoms with E-state index in [2.05, 4.69) is 23.5 Å². The van der Waals surface area contributed by atoms with E-state index in [0.717, 1.165) is 35.8 Å². The number of nitrogens with zero attached hydrogens (tertiary/aromatic N) is 1. The van der Waals surface area contributed by atoms with E-state index in [0.29, 0.717) is 5.69 Å². The van der Waals surface area contributed by atoms with Crippen LogP contribution < -0.4 is 9.62 Å². The molecule has 0 heterocycles. The second-order valence-electron chi connectivity index (χ2n) is 8.55. The van der Waals surface area contributed by atoms with Crippen molar-refractivity contribution in [1.82, 2.24) is 5.32 Å². The van der Waals surface area contributed by atoms with Crippen LogP contribution in [0.3, 0.4) is 0 Å². The predicted octanol–water partition coefficient (Wildman–Crippen LogP) is 4.21. The summed E-state index contributed by atoms with van der Waals surface area (Å²) in [4.78, 5) is 13.0. The number of fused-ring (bicyclic) bond motifs is 1. The molecule has 1 N–H and O–H groups in total. The van der Waals surface area contributed by atoms with Crippen molar-refractivity contribution in [3.05, 3.63) is 64.2 Å². The number of amides is 1. The molecule has 0 unspecified atom stereocenters. The molecule has 162 valence electrons. The molecule has 0 radical (unpaired) electrons. The Labute approximate surface area is 180 Å². The van der Waals surface area contributed by atoms with E-state index >= 15 is 0 Å². The van der Waals surface area contributed by atoms with Gasteiger partial charge in [-0.3, -0.25) is 9.10 Å². The number of benzene rings is 2. The van der Waals surface area contributed by atoms with Crippen molar-refractivity contribution in [3.63, 3.8) is 0 Å². The van der Waals surface area contributed by atoms with Crippen LogP contribution in [0.2, 0.25) is 0 Å². The van der Waals surface area contributed by atoms with Crippen LogP contribution in [0.15, 0.2) is 36.4 Å². The van der Waals surface area contributed by atoms with Gasteiger partial charge >= 0.3 is 0 Å². The van der Waals surface area contributed by atoms with Crippen molar-refractivity contribution < 1.29 is 13.2 Å². The van der Waals surface area contributed by atoms with Crippen LogP contribution in [-0.2, 0) is 27.7 Å². The maximum absolute atomic E-state index is 13.0. The fourth-order valence-corrected chi connectivity index (χ4v) is 5.49. The molecule has 0 aliphatic heterocycles. The highest BCUT2D eigenvalue weighted by atomic mass is 32.2. The molecule has 0 saturated heterocycles. The topological polar surface area (TPSA) is 66.5 Å². The molecule has 1 amide bonds. The van der Waals surface area contributed by atoms with Gasteiger partial charge in [0.1, 0.15) is 6.04 Å². The van der Waals surface area contributed by atoms with Crippen LogP contribution in [0.25, 0.3) is 0 Å². The molecule has 1 aliphatic rings. The minimum Gasteiger partial charge on any atom is -0.348 e. The second kappa shape index (κ2) is 8.80. The molecule has 30 heavy (non-hydrogen) atoms. The average Bonchev–Trinajstić information content (AvgIpc) is 2.65. The summed E-state index contributed by atoms with van der Waals surface area (Å²) in [5.41, 5.74) is 6.23. The van der Waals surface area contributed by atoms with Crippen LogP contribution in [0.5, 0.6) is 0 Å². The van der Waals surface area contributed by atoms with E-state index in [4.69, 9.17) is 0 Å². The Hall–Kier alpha value is -2.34. The van der Waals surface area contributed by atoms with E-state index in [1.54, 1.807) is 19.1 Å². The number of hydrogen-bond donors (Lipinski definition) is 1. The maximum Gasteiger partial charge on any atom is 0.244 e. The molecule has 0 spiro atoms. The number of hydrogen-bond acceptors (Lipinski definition) is 3. The Balaban J connectivity index is 1.81. The van der Waals surface area contributed by atoms with Crippen molar-refractivity contribution in [1.29, 1.82) is 0 Å². The van der Waals surface area contributed by atoms with Gasteiger partial charge in [-0.25, -0.2) is 8.42 Å². The molecule has 0 bridgehead atoms. The van der Waals surface area contributed by atoms with E-state index in [-0.39, 0.29) is 11.9 Å². The average molecular weight is 429 g/mol. The van der Waals surface area contributed by atoms with Gasteiger partial charge in [0.15, 0.2) is 0 Å². The monoisotopic (exact) mass is 428 g/mol. The molecular formula is C24H32N2O3S. The standard InChI is InChI=1S/C24H32N2O3S/c1-16-12-17(2)14-23(13-16)26(30(5,28)29)19(4)24(27)25-18(3)21-11-10-20-8-6-7-9-22(20)15-21/h10-15,18-19H,6-9H2,1-5H3,(H,25,27)/t18-,19+/m1/s1. The predicted molar refractivity (Wildman–Crippen MR) is 122 cm³/mol. The van der Waals surface area contributed by atoms with Gasteiger partial charge in [0.2, 0.25) is 15.9 Å². The molecule has 2 aromatic rings. The van der Waals surface area contributed by atoms with Crippen LogP contribution in [0, 0.1) is 13.8 Å². The normalized spacial score (nSPS) is 15.8. The second-order valence-corrected chi connectivity index (χ2v) is 10.4. The lowest BCUT2D eigenvalue weighted by atomic mass is 9.89. The van der Waals surface area contributed by atoms with Crippen molar-refractivity contribution in [2.24, 2.45) is 0 Å². The van der Waals surface area contributed by atoms with Crippen molar-refractivity contribution in [2.45, 2.75) is 65.5 Å². The molecule has 2 aromatic carbocycles. The summed E-state index contributed by atoms with van der Waals surface area (Å²) in [7, 11) is -3.64. The SMILES string of the molecule is Cc1cc(C)cc(N([C@@H](C)C(=O)N[C@H](C)c2ccc3c(c2)CCCC3)S(C)(=O)=O)c1.